The quantitative estimate of drug-likeness (QED) is 0.866. The average molecular weight is 259 g/mol. The van der Waals surface area contributed by atoms with Crippen LogP contribution in [-0.4, -0.2) is 13.7 Å². The summed E-state index contributed by atoms with van der Waals surface area (Å²) >= 11 is 3.40. The van der Waals surface area contributed by atoms with Gasteiger partial charge in [-0.15, -0.1) is 0 Å². The molecule has 0 aliphatic carbocycles. The third-order valence-electron chi connectivity index (χ3n) is 2.07. The second-order valence-corrected chi connectivity index (χ2v) is 3.99. The van der Waals surface area contributed by atoms with E-state index in [4.69, 9.17) is 16.2 Å². The zero-order valence-corrected chi connectivity index (χ0v) is 9.75. The van der Waals surface area contributed by atoms with Crippen LogP contribution in [0.1, 0.15) is 18.0 Å². The fourth-order valence-electron chi connectivity index (χ4n) is 1.33. The minimum absolute atomic E-state index is 0.0625. The maximum absolute atomic E-state index is 5.97. The minimum Gasteiger partial charge on any atom is -0.496 e. The Labute approximate surface area is 92.6 Å². The first-order chi connectivity index (χ1) is 6.69. The second-order valence-electron chi connectivity index (χ2n) is 3.07. The summed E-state index contributed by atoms with van der Waals surface area (Å²) in [6.07, 6.45) is 0.757. The molecule has 4 heteroatoms. The largest absolute Gasteiger partial charge is 0.496 e. The van der Waals surface area contributed by atoms with Crippen LogP contribution in [0.5, 0.6) is 5.75 Å². The summed E-state index contributed by atoms with van der Waals surface area (Å²) in [6, 6.07) is 5.74. The molecule has 0 heterocycles. The zero-order valence-electron chi connectivity index (χ0n) is 8.16. The molecular weight excluding hydrogens is 244 g/mol. The summed E-state index contributed by atoms with van der Waals surface area (Å²) in [5.74, 6) is 0.814. The summed E-state index contributed by atoms with van der Waals surface area (Å²) in [6.45, 7) is 0.580. The van der Waals surface area contributed by atoms with Crippen molar-refractivity contribution in [2.24, 2.45) is 11.5 Å². The predicted octanol–water partition coefficient (Wildman–Crippen LogP) is 1.81. The lowest BCUT2D eigenvalue weighted by Crippen LogP contribution is -2.16. The molecule has 0 aliphatic rings. The number of hydrogen-bond acceptors (Lipinski definition) is 3. The van der Waals surface area contributed by atoms with Gasteiger partial charge in [-0.25, -0.2) is 0 Å². The molecule has 0 radical (unpaired) electrons. The molecule has 1 aromatic rings. The van der Waals surface area contributed by atoms with E-state index < -0.39 is 0 Å². The van der Waals surface area contributed by atoms with Crippen LogP contribution in [-0.2, 0) is 0 Å². The number of methoxy groups -OCH3 is 1. The standard InChI is InChI=1S/C10H15BrN2O/c1-14-10-3-2-7(11)6-8(10)9(13)4-5-12/h2-3,6,9H,4-5,12-13H2,1H3. The molecule has 0 saturated heterocycles. The second kappa shape index (κ2) is 5.34. The lowest BCUT2D eigenvalue weighted by atomic mass is 10.0. The Morgan fingerprint density at radius 2 is 2.21 bits per heavy atom. The van der Waals surface area contributed by atoms with Gasteiger partial charge in [0, 0.05) is 16.1 Å². The van der Waals surface area contributed by atoms with E-state index in [0.717, 1.165) is 22.2 Å². The topological polar surface area (TPSA) is 61.3 Å². The maximum Gasteiger partial charge on any atom is 0.123 e. The van der Waals surface area contributed by atoms with Gasteiger partial charge in [0.05, 0.1) is 7.11 Å². The molecule has 0 bridgehead atoms. The molecule has 0 aliphatic heterocycles. The van der Waals surface area contributed by atoms with E-state index in [1.165, 1.54) is 0 Å². The first-order valence-corrected chi connectivity index (χ1v) is 5.27. The average Bonchev–Trinajstić information content (AvgIpc) is 2.18. The van der Waals surface area contributed by atoms with Crippen molar-refractivity contribution in [3.63, 3.8) is 0 Å². The van der Waals surface area contributed by atoms with Gasteiger partial charge in [-0.1, -0.05) is 15.9 Å². The van der Waals surface area contributed by atoms with Crippen molar-refractivity contribution in [3.05, 3.63) is 28.2 Å². The van der Waals surface area contributed by atoms with Crippen LogP contribution in [0.2, 0.25) is 0 Å². The van der Waals surface area contributed by atoms with Gasteiger partial charge in [-0.05, 0) is 31.2 Å². The molecule has 1 rings (SSSR count). The molecular formula is C10H15BrN2O. The smallest absolute Gasteiger partial charge is 0.123 e. The van der Waals surface area contributed by atoms with Crippen molar-refractivity contribution < 1.29 is 4.74 Å². The molecule has 0 fully saturated rings. The number of rotatable bonds is 4. The first kappa shape index (κ1) is 11.5. The van der Waals surface area contributed by atoms with E-state index in [-0.39, 0.29) is 6.04 Å². The third kappa shape index (κ3) is 2.70. The monoisotopic (exact) mass is 258 g/mol. The number of halogens is 1. The van der Waals surface area contributed by atoms with Crippen molar-refractivity contribution >= 4 is 15.9 Å². The van der Waals surface area contributed by atoms with Crippen LogP contribution >= 0.6 is 15.9 Å². The van der Waals surface area contributed by atoms with Crippen LogP contribution in [0.15, 0.2) is 22.7 Å². The van der Waals surface area contributed by atoms with E-state index in [0.29, 0.717) is 6.54 Å². The van der Waals surface area contributed by atoms with Gasteiger partial charge in [-0.3, -0.25) is 0 Å². The molecule has 3 nitrogen and oxygen atoms in total. The Hall–Kier alpha value is -0.580. The van der Waals surface area contributed by atoms with E-state index in [2.05, 4.69) is 15.9 Å². The number of benzene rings is 1. The summed E-state index contributed by atoms with van der Waals surface area (Å²) in [5.41, 5.74) is 12.4. The molecule has 0 aromatic heterocycles. The minimum atomic E-state index is -0.0625. The highest BCUT2D eigenvalue weighted by molar-refractivity contribution is 9.10. The normalized spacial score (nSPS) is 12.6. The van der Waals surface area contributed by atoms with Gasteiger partial charge in [0.25, 0.3) is 0 Å². The fraction of sp³-hybridized carbons (Fsp3) is 0.400. The maximum atomic E-state index is 5.97. The van der Waals surface area contributed by atoms with Crippen molar-refractivity contribution in [1.29, 1.82) is 0 Å². The van der Waals surface area contributed by atoms with E-state index >= 15 is 0 Å². The van der Waals surface area contributed by atoms with Crippen LogP contribution in [0, 0.1) is 0 Å². The van der Waals surface area contributed by atoms with Crippen molar-refractivity contribution in [2.75, 3.05) is 13.7 Å². The molecule has 1 atom stereocenters. The Morgan fingerprint density at radius 3 is 2.79 bits per heavy atom. The Bertz CT molecular complexity index is 304. The predicted molar refractivity (Wildman–Crippen MR) is 61.3 cm³/mol. The van der Waals surface area contributed by atoms with Crippen LogP contribution in [0.4, 0.5) is 0 Å². The van der Waals surface area contributed by atoms with E-state index in [9.17, 15) is 0 Å². The Balaban J connectivity index is 2.97. The van der Waals surface area contributed by atoms with Gasteiger partial charge in [-0.2, -0.15) is 0 Å². The molecule has 4 N–H and O–H groups in total. The molecule has 0 spiro atoms. The highest BCUT2D eigenvalue weighted by atomic mass is 79.9. The zero-order chi connectivity index (χ0) is 10.6. The van der Waals surface area contributed by atoms with Crippen molar-refractivity contribution in [2.45, 2.75) is 12.5 Å². The number of nitrogens with two attached hydrogens (primary N) is 2. The fourth-order valence-corrected chi connectivity index (χ4v) is 1.71. The lowest BCUT2D eigenvalue weighted by Gasteiger charge is -2.15. The summed E-state index contributed by atoms with van der Waals surface area (Å²) in [4.78, 5) is 0. The van der Waals surface area contributed by atoms with Gasteiger partial charge in [0.2, 0.25) is 0 Å². The van der Waals surface area contributed by atoms with Crippen LogP contribution in [0.3, 0.4) is 0 Å². The van der Waals surface area contributed by atoms with Crippen LogP contribution in [0.25, 0.3) is 0 Å². The highest BCUT2D eigenvalue weighted by Crippen LogP contribution is 2.28. The van der Waals surface area contributed by atoms with Gasteiger partial charge in [0.1, 0.15) is 5.75 Å². The van der Waals surface area contributed by atoms with Crippen molar-refractivity contribution in [1.82, 2.24) is 0 Å². The van der Waals surface area contributed by atoms with Gasteiger partial charge >= 0.3 is 0 Å². The first-order valence-electron chi connectivity index (χ1n) is 4.48. The molecule has 1 unspecified atom stereocenters. The summed E-state index contributed by atoms with van der Waals surface area (Å²) in [7, 11) is 1.64. The van der Waals surface area contributed by atoms with Gasteiger partial charge < -0.3 is 16.2 Å². The van der Waals surface area contributed by atoms with Gasteiger partial charge in [0.15, 0.2) is 0 Å². The summed E-state index contributed by atoms with van der Waals surface area (Å²) in [5, 5.41) is 0. The van der Waals surface area contributed by atoms with E-state index in [1.54, 1.807) is 7.11 Å². The van der Waals surface area contributed by atoms with Crippen molar-refractivity contribution in [3.8, 4) is 5.75 Å². The Kier molecular flexibility index (Phi) is 4.38. The molecule has 1 aromatic carbocycles. The van der Waals surface area contributed by atoms with E-state index in [1.807, 2.05) is 18.2 Å². The molecule has 0 amide bonds. The molecule has 0 saturated carbocycles. The highest BCUT2D eigenvalue weighted by Gasteiger charge is 2.11. The number of hydrogen-bond donors (Lipinski definition) is 2. The van der Waals surface area contributed by atoms with Crippen LogP contribution < -0.4 is 16.2 Å². The lowest BCUT2D eigenvalue weighted by molar-refractivity contribution is 0.404. The number of ether oxygens (including phenoxy) is 1. The third-order valence-corrected chi connectivity index (χ3v) is 2.56. The summed E-state index contributed by atoms with van der Waals surface area (Å²) < 4.78 is 6.23. The SMILES string of the molecule is COc1ccc(Br)cc1C(N)CCN. The Morgan fingerprint density at radius 1 is 1.50 bits per heavy atom. The molecule has 14 heavy (non-hydrogen) atoms. The molecule has 78 valence electrons.